The Hall–Kier alpha value is -1.06. The van der Waals surface area contributed by atoms with E-state index in [9.17, 15) is 9.59 Å². The Morgan fingerprint density at radius 1 is 1.56 bits per heavy atom. The van der Waals surface area contributed by atoms with Crippen molar-refractivity contribution in [3.8, 4) is 0 Å². The zero-order valence-corrected chi connectivity index (χ0v) is 9.99. The molecule has 0 aromatic heterocycles. The van der Waals surface area contributed by atoms with E-state index in [4.69, 9.17) is 9.47 Å². The Bertz CT molecular complexity index is 323. The van der Waals surface area contributed by atoms with Crippen LogP contribution in [0.1, 0.15) is 33.1 Å². The molecule has 0 amide bonds. The van der Waals surface area contributed by atoms with Gasteiger partial charge in [-0.3, -0.25) is 9.59 Å². The minimum absolute atomic E-state index is 0.00690. The molecule has 4 nitrogen and oxygen atoms in total. The van der Waals surface area contributed by atoms with Gasteiger partial charge >= 0.3 is 11.9 Å². The van der Waals surface area contributed by atoms with Crippen molar-refractivity contribution in [2.45, 2.75) is 39.2 Å². The number of carbonyl (C=O) groups is 2. The van der Waals surface area contributed by atoms with Crippen molar-refractivity contribution in [2.75, 3.05) is 7.11 Å². The molecular formula is C12H18O4. The number of hydrogen-bond acceptors (Lipinski definition) is 4. The number of fused-ring (bicyclic) bond motifs is 1. The monoisotopic (exact) mass is 226 g/mol. The first-order chi connectivity index (χ1) is 7.54. The SMILES string of the molecule is COC(=O)[C@@]12CCC[C@@H]1[C@@H](C(C)C)OC2=O. The Kier molecular flexibility index (Phi) is 2.68. The summed E-state index contributed by atoms with van der Waals surface area (Å²) < 4.78 is 10.2. The van der Waals surface area contributed by atoms with E-state index in [-0.39, 0.29) is 23.9 Å². The summed E-state index contributed by atoms with van der Waals surface area (Å²) in [6.45, 7) is 4.03. The summed E-state index contributed by atoms with van der Waals surface area (Å²) in [5, 5.41) is 0. The van der Waals surface area contributed by atoms with Crippen LogP contribution in [0, 0.1) is 17.3 Å². The summed E-state index contributed by atoms with van der Waals surface area (Å²) in [6, 6.07) is 0. The summed E-state index contributed by atoms with van der Waals surface area (Å²) >= 11 is 0. The number of methoxy groups -OCH3 is 1. The van der Waals surface area contributed by atoms with Gasteiger partial charge in [0, 0.05) is 5.92 Å². The van der Waals surface area contributed by atoms with Crippen LogP contribution in [0.25, 0.3) is 0 Å². The first-order valence-corrected chi connectivity index (χ1v) is 5.83. The van der Waals surface area contributed by atoms with Gasteiger partial charge in [0.05, 0.1) is 7.11 Å². The van der Waals surface area contributed by atoms with Crippen LogP contribution in [0.2, 0.25) is 0 Å². The lowest BCUT2D eigenvalue weighted by Gasteiger charge is -2.24. The number of hydrogen-bond donors (Lipinski definition) is 0. The van der Waals surface area contributed by atoms with Crippen LogP contribution in [0.5, 0.6) is 0 Å². The molecule has 0 aromatic carbocycles. The van der Waals surface area contributed by atoms with E-state index in [2.05, 4.69) is 0 Å². The summed E-state index contributed by atoms with van der Waals surface area (Å²) in [7, 11) is 1.34. The zero-order valence-electron chi connectivity index (χ0n) is 9.99. The van der Waals surface area contributed by atoms with Gasteiger partial charge in [0.15, 0.2) is 5.41 Å². The zero-order chi connectivity index (χ0) is 11.9. The molecule has 3 atom stereocenters. The lowest BCUT2D eigenvalue weighted by molar-refractivity contribution is -0.164. The highest BCUT2D eigenvalue weighted by atomic mass is 16.6. The average molecular weight is 226 g/mol. The molecule has 2 rings (SSSR count). The number of carbonyl (C=O) groups excluding carboxylic acids is 2. The van der Waals surface area contributed by atoms with Crippen LogP contribution in [0.4, 0.5) is 0 Å². The van der Waals surface area contributed by atoms with E-state index in [1.54, 1.807) is 0 Å². The van der Waals surface area contributed by atoms with Crippen molar-refractivity contribution in [1.82, 2.24) is 0 Å². The predicted molar refractivity (Wildman–Crippen MR) is 56.5 cm³/mol. The maximum absolute atomic E-state index is 12.0. The van der Waals surface area contributed by atoms with Gasteiger partial charge in [-0.2, -0.15) is 0 Å². The van der Waals surface area contributed by atoms with E-state index in [0.29, 0.717) is 6.42 Å². The fourth-order valence-corrected chi connectivity index (χ4v) is 3.16. The third kappa shape index (κ3) is 1.28. The Balaban J connectivity index is 2.36. The number of rotatable bonds is 2. The molecule has 0 unspecified atom stereocenters. The van der Waals surface area contributed by atoms with E-state index >= 15 is 0 Å². The van der Waals surface area contributed by atoms with Crippen LogP contribution >= 0.6 is 0 Å². The van der Waals surface area contributed by atoms with E-state index in [1.807, 2.05) is 13.8 Å². The Morgan fingerprint density at radius 2 is 2.25 bits per heavy atom. The molecule has 2 fully saturated rings. The minimum atomic E-state index is -0.996. The van der Waals surface area contributed by atoms with Crippen LogP contribution in [-0.2, 0) is 19.1 Å². The fourth-order valence-electron chi connectivity index (χ4n) is 3.16. The van der Waals surface area contributed by atoms with Crippen LogP contribution in [0.3, 0.4) is 0 Å². The molecule has 1 saturated carbocycles. The molecule has 4 heteroatoms. The van der Waals surface area contributed by atoms with Gasteiger partial charge in [0.2, 0.25) is 0 Å². The molecule has 0 N–H and O–H groups in total. The third-order valence-electron chi connectivity index (χ3n) is 3.93. The Labute approximate surface area is 95.3 Å². The fraction of sp³-hybridized carbons (Fsp3) is 0.833. The lowest BCUT2D eigenvalue weighted by atomic mass is 9.75. The second-order valence-electron chi connectivity index (χ2n) is 5.08. The van der Waals surface area contributed by atoms with Gasteiger partial charge in [-0.15, -0.1) is 0 Å². The van der Waals surface area contributed by atoms with Gasteiger partial charge < -0.3 is 9.47 Å². The van der Waals surface area contributed by atoms with Crippen molar-refractivity contribution >= 4 is 11.9 Å². The maximum Gasteiger partial charge on any atom is 0.324 e. The van der Waals surface area contributed by atoms with Crippen LogP contribution in [-0.4, -0.2) is 25.2 Å². The Morgan fingerprint density at radius 3 is 2.81 bits per heavy atom. The highest BCUT2D eigenvalue weighted by Crippen LogP contribution is 2.53. The van der Waals surface area contributed by atoms with Crippen molar-refractivity contribution < 1.29 is 19.1 Å². The predicted octanol–water partition coefficient (Wildman–Crippen LogP) is 1.53. The van der Waals surface area contributed by atoms with Crippen LogP contribution < -0.4 is 0 Å². The summed E-state index contributed by atoms with van der Waals surface area (Å²) in [6.07, 6.45) is 2.22. The van der Waals surface area contributed by atoms with Crippen molar-refractivity contribution in [3.05, 3.63) is 0 Å². The standard InChI is InChI=1S/C12H18O4/c1-7(2)9-8-5-4-6-12(8,10(13)15-3)11(14)16-9/h7-9H,4-6H2,1-3H3/t8-,9-,12-/m1/s1. The molecule has 0 bridgehead atoms. The molecule has 1 saturated heterocycles. The van der Waals surface area contributed by atoms with Crippen molar-refractivity contribution in [2.24, 2.45) is 17.3 Å². The average Bonchev–Trinajstić information content (AvgIpc) is 2.77. The number of esters is 2. The lowest BCUT2D eigenvalue weighted by Crippen LogP contribution is -2.40. The summed E-state index contributed by atoms with van der Waals surface area (Å²) in [5.74, 6) is -0.533. The summed E-state index contributed by atoms with van der Waals surface area (Å²) in [4.78, 5) is 23.8. The molecule has 16 heavy (non-hydrogen) atoms. The second-order valence-corrected chi connectivity index (χ2v) is 5.08. The summed E-state index contributed by atoms with van der Waals surface area (Å²) in [5.41, 5.74) is -0.996. The van der Waals surface area contributed by atoms with Crippen LogP contribution in [0.15, 0.2) is 0 Å². The normalized spacial score (nSPS) is 37.4. The van der Waals surface area contributed by atoms with Gasteiger partial charge in [0.25, 0.3) is 0 Å². The van der Waals surface area contributed by atoms with E-state index < -0.39 is 11.4 Å². The van der Waals surface area contributed by atoms with E-state index in [0.717, 1.165) is 12.8 Å². The van der Waals surface area contributed by atoms with Crippen molar-refractivity contribution in [1.29, 1.82) is 0 Å². The van der Waals surface area contributed by atoms with E-state index in [1.165, 1.54) is 7.11 Å². The molecule has 90 valence electrons. The second kappa shape index (κ2) is 3.75. The molecule has 0 aromatic rings. The topological polar surface area (TPSA) is 52.6 Å². The highest BCUT2D eigenvalue weighted by Gasteiger charge is 2.65. The number of cyclic esters (lactones) is 1. The molecular weight excluding hydrogens is 208 g/mol. The smallest absolute Gasteiger partial charge is 0.324 e. The van der Waals surface area contributed by atoms with Crippen molar-refractivity contribution in [3.63, 3.8) is 0 Å². The minimum Gasteiger partial charge on any atom is -0.468 e. The van der Waals surface area contributed by atoms with Gasteiger partial charge in [0.1, 0.15) is 6.10 Å². The molecule has 1 aliphatic carbocycles. The maximum atomic E-state index is 12.0. The first kappa shape index (κ1) is 11.4. The van der Waals surface area contributed by atoms with Gasteiger partial charge in [-0.05, 0) is 18.8 Å². The molecule has 1 heterocycles. The largest absolute Gasteiger partial charge is 0.468 e. The molecule has 0 radical (unpaired) electrons. The van der Waals surface area contributed by atoms with Gasteiger partial charge in [-0.1, -0.05) is 20.3 Å². The first-order valence-electron chi connectivity index (χ1n) is 5.83. The van der Waals surface area contributed by atoms with Gasteiger partial charge in [-0.25, -0.2) is 0 Å². The highest BCUT2D eigenvalue weighted by molar-refractivity contribution is 6.02. The quantitative estimate of drug-likeness (QED) is 0.529. The number of ether oxygens (including phenoxy) is 2. The molecule has 0 spiro atoms. The molecule has 2 aliphatic rings. The third-order valence-corrected chi connectivity index (χ3v) is 3.93. The molecule has 1 aliphatic heterocycles.